The van der Waals surface area contributed by atoms with Gasteiger partial charge in [-0.3, -0.25) is 4.79 Å². The van der Waals surface area contributed by atoms with E-state index in [2.05, 4.69) is 4.74 Å². The van der Waals surface area contributed by atoms with Crippen LogP contribution in [0.15, 0.2) is 63.8 Å². The molecule has 0 radical (unpaired) electrons. The van der Waals surface area contributed by atoms with Crippen molar-refractivity contribution in [2.45, 2.75) is 40.4 Å². The number of nitrogens with zero attached hydrogens (tertiary/aromatic N) is 1. The molecule has 0 amide bonds. The van der Waals surface area contributed by atoms with Crippen LogP contribution in [0.1, 0.15) is 34.2 Å². The first-order chi connectivity index (χ1) is 18.0. The summed E-state index contributed by atoms with van der Waals surface area (Å²) in [6, 6.07) is 14.0. The quantitative estimate of drug-likeness (QED) is 0.166. The molecule has 0 spiro atoms. The van der Waals surface area contributed by atoms with Gasteiger partial charge in [-0.25, -0.2) is 9.59 Å². The van der Waals surface area contributed by atoms with Crippen molar-refractivity contribution in [1.29, 1.82) is 0 Å². The molecule has 0 bridgehead atoms. The summed E-state index contributed by atoms with van der Waals surface area (Å²) in [6.07, 6.45) is -1.08. The van der Waals surface area contributed by atoms with Crippen LogP contribution in [0.4, 0.5) is 8.78 Å². The SMILES string of the molecule is Cc1cc(=O)oc2cc(OCC(=O)O[C@H](C)C(=O)c3cc(C)n(-c4ccc(OC(F)F)cc4)c3C)ccc12. The number of rotatable bonds is 9. The molecule has 4 aromatic rings. The Bertz CT molecular complexity index is 1550. The van der Waals surface area contributed by atoms with Crippen molar-refractivity contribution < 1.29 is 37.0 Å². The van der Waals surface area contributed by atoms with Crippen LogP contribution in [0.5, 0.6) is 11.5 Å². The van der Waals surface area contributed by atoms with E-state index in [-0.39, 0.29) is 5.75 Å². The highest BCUT2D eigenvalue weighted by Crippen LogP contribution is 2.25. The number of carbonyl (C=O) groups is 2. The number of aromatic nitrogens is 1. The molecule has 8 nitrogen and oxygen atoms in total. The van der Waals surface area contributed by atoms with Crippen molar-refractivity contribution in [2.24, 2.45) is 0 Å². The largest absolute Gasteiger partial charge is 0.482 e. The van der Waals surface area contributed by atoms with Crippen molar-refractivity contribution >= 4 is 22.7 Å². The highest BCUT2D eigenvalue weighted by atomic mass is 19.3. The van der Waals surface area contributed by atoms with Gasteiger partial charge in [0.15, 0.2) is 12.7 Å². The van der Waals surface area contributed by atoms with Crippen LogP contribution in [0.3, 0.4) is 0 Å². The normalized spacial score (nSPS) is 12.0. The van der Waals surface area contributed by atoms with Gasteiger partial charge >= 0.3 is 18.2 Å². The average molecular weight is 526 g/mol. The monoisotopic (exact) mass is 525 g/mol. The summed E-state index contributed by atoms with van der Waals surface area (Å²) >= 11 is 0. The molecule has 0 aliphatic carbocycles. The molecule has 0 saturated carbocycles. The number of benzene rings is 2. The lowest BCUT2D eigenvalue weighted by Gasteiger charge is -2.14. The zero-order chi connectivity index (χ0) is 27.6. The lowest BCUT2D eigenvalue weighted by Crippen LogP contribution is -2.27. The highest BCUT2D eigenvalue weighted by molar-refractivity contribution is 6.01. The van der Waals surface area contributed by atoms with Gasteiger partial charge in [-0.05, 0) is 75.7 Å². The third-order valence-corrected chi connectivity index (χ3v) is 5.97. The Morgan fingerprint density at radius 1 is 0.974 bits per heavy atom. The van der Waals surface area contributed by atoms with E-state index in [1.54, 1.807) is 55.7 Å². The van der Waals surface area contributed by atoms with E-state index < -0.39 is 36.7 Å². The molecule has 0 aliphatic heterocycles. The molecule has 38 heavy (non-hydrogen) atoms. The van der Waals surface area contributed by atoms with Crippen molar-refractivity contribution in [3.8, 4) is 17.2 Å². The lowest BCUT2D eigenvalue weighted by molar-refractivity contribution is -0.148. The number of ether oxygens (including phenoxy) is 3. The molecule has 10 heteroatoms. The van der Waals surface area contributed by atoms with E-state index in [0.717, 1.165) is 16.6 Å². The van der Waals surface area contributed by atoms with Gasteiger partial charge in [0.25, 0.3) is 0 Å². The topological polar surface area (TPSA) is 97.0 Å². The zero-order valence-electron chi connectivity index (χ0n) is 21.1. The molecule has 0 N–H and O–H groups in total. The molecular formula is C28H25F2NO7. The van der Waals surface area contributed by atoms with Gasteiger partial charge in [0.2, 0.25) is 5.78 Å². The van der Waals surface area contributed by atoms with Crippen molar-refractivity contribution in [2.75, 3.05) is 6.61 Å². The number of fused-ring (bicyclic) bond motifs is 1. The van der Waals surface area contributed by atoms with E-state index in [4.69, 9.17) is 13.9 Å². The predicted molar refractivity (Wildman–Crippen MR) is 134 cm³/mol. The molecule has 0 fully saturated rings. The molecule has 2 heterocycles. The Balaban J connectivity index is 1.41. The number of carbonyl (C=O) groups excluding carboxylic acids is 2. The van der Waals surface area contributed by atoms with Crippen molar-refractivity contribution in [3.05, 3.63) is 87.5 Å². The maximum Gasteiger partial charge on any atom is 0.387 e. The van der Waals surface area contributed by atoms with Crippen molar-refractivity contribution in [1.82, 2.24) is 4.57 Å². The number of hydrogen-bond acceptors (Lipinski definition) is 7. The van der Waals surface area contributed by atoms with Crippen LogP contribution >= 0.6 is 0 Å². The van der Waals surface area contributed by atoms with Crippen LogP contribution in [0, 0.1) is 20.8 Å². The van der Waals surface area contributed by atoms with Crippen LogP contribution in [0.25, 0.3) is 16.7 Å². The second-order valence-electron chi connectivity index (χ2n) is 8.68. The summed E-state index contributed by atoms with van der Waals surface area (Å²) in [4.78, 5) is 37.1. The molecule has 0 aliphatic rings. The fourth-order valence-corrected chi connectivity index (χ4v) is 4.23. The van der Waals surface area contributed by atoms with Crippen LogP contribution in [-0.2, 0) is 9.53 Å². The van der Waals surface area contributed by atoms with Crippen molar-refractivity contribution in [3.63, 3.8) is 0 Å². The smallest absolute Gasteiger partial charge is 0.387 e. The highest BCUT2D eigenvalue weighted by Gasteiger charge is 2.24. The summed E-state index contributed by atoms with van der Waals surface area (Å²) in [7, 11) is 0. The van der Waals surface area contributed by atoms with Gasteiger partial charge in [-0.2, -0.15) is 8.78 Å². The summed E-state index contributed by atoms with van der Waals surface area (Å²) in [6.45, 7) is 3.41. The van der Waals surface area contributed by atoms with Crippen LogP contribution in [0.2, 0.25) is 0 Å². The number of halogens is 2. The summed E-state index contributed by atoms with van der Waals surface area (Å²) in [5, 5.41) is 0.744. The summed E-state index contributed by atoms with van der Waals surface area (Å²) < 4.78 is 47.0. The molecule has 2 aromatic heterocycles. The Kier molecular flexibility index (Phi) is 7.61. The van der Waals surface area contributed by atoms with E-state index >= 15 is 0 Å². The molecular weight excluding hydrogens is 500 g/mol. The van der Waals surface area contributed by atoms with Gasteiger partial charge in [0.1, 0.15) is 17.1 Å². The first-order valence-electron chi connectivity index (χ1n) is 11.7. The molecule has 4 rings (SSSR count). The van der Waals surface area contributed by atoms with Crippen LogP contribution < -0.4 is 15.1 Å². The Morgan fingerprint density at radius 3 is 2.34 bits per heavy atom. The fraction of sp³-hybridized carbons (Fsp3) is 0.250. The fourth-order valence-electron chi connectivity index (χ4n) is 4.23. The minimum absolute atomic E-state index is 0.0219. The Labute approximate surface area is 216 Å². The third kappa shape index (κ3) is 5.74. The predicted octanol–water partition coefficient (Wildman–Crippen LogP) is 5.30. The number of aryl methyl sites for hydroxylation is 2. The van der Waals surface area contributed by atoms with E-state index in [0.29, 0.717) is 28.3 Å². The van der Waals surface area contributed by atoms with E-state index in [9.17, 15) is 23.2 Å². The minimum atomic E-state index is -2.92. The second kappa shape index (κ2) is 10.9. The standard InChI is InChI=1S/C28H25F2NO7/c1-15-11-25(32)38-24-13-21(9-10-22(15)24)35-14-26(33)36-18(4)27(34)23-12-16(2)31(17(23)3)19-5-7-20(8-6-19)37-28(29)30/h5-13,18,28H,14H2,1-4H3/t18-/m1/s1. The van der Waals surface area contributed by atoms with Gasteiger partial charge in [0.05, 0.1) is 0 Å². The number of ketones is 1. The summed E-state index contributed by atoms with van der Waals surface area (Å²) in [5.41, 5.74) is 2.94. The Hall–Kier alpha value is -4.47. The molecule has 198 valence electrons. The first-order valence-corrected chi connectivity index (χ1v) is 11.7. The maximum atomic E-state index is 13.1. The molecule has 1 atom stereocenters. The van der Waals surface area contributed by atoms with E-state index in [1.165, 1.54) is 31.2 Å². The lowest BCUT2D eigenvalue weighted by atomic mass is 10.1. The zero-order valence-corrected chi connectivity index (χ0v) is 21.1. The summed E-state index contributed by atoms with van der Waals surface area (Å²) in [5.74, 6) is -0.831. The van der Waals surface area contributed by atoms with E-state index in [1.807, 2.05) is 0 Å². The van der Waals surface area contributed by atoms with Gasteiger partial charge in [-0.1, -0.05) is 0 Å². The average Bonchev–Trinajstić information content (AvgIpc) is 3.15. The maximum absolute atomic E-state index is 13.1. The van der Waals surface area contributed by atoms with Gasteiger partial charge < -0.3 is 23.2 Å². The molecule has 2 aromatic carbocycles. The minimum Gasteiger partial charge on any atom is -0.482 e. The Morgan fingerprint density at radius 2 is 1.66 bits per heavy atom. The number of hydrogen-bond donors (Lipinski definition) is 0. The van der Waals surface area contributed by atoms with Gasteiger partial charge in [-0.15, -0.1) is 0 Å². The molecule has 0 unspecified atom stereocenters. The number of esters is 1. The van der Waals surface area contributed by atoms with Gasteiger partial charge in [0, 0.05) is 40.2 Å². The second-order valence-corrected chi connectivity index (χ2v) is 8.68. The third-order valence-electron chi connectivity index (χ3n) is 5.97. The number of alkyl halides is 2. The first kappa shape index (κ1) is 26.6. The molecule has 0 saturated heterocycles. The van der Waals surface area contributed by atoms with Crippen LogP contribution in [-0.4, -0.2) is 35.6 Å². The number of Topliss-reactive ketones (excluding diaryl/α,β-unsaturated/α-hetero) is 1.